The van der Waals surface area contributed by atoms with E-state index in [2.05, 4.69) is 9.97 Å². The van der Waals surface area contributed by atoms with Crippen LogP contribution in [0.3, 0.4) is 0 Å². The van der Waals surface area contributed by atoms with Gasteiger partial charge in [-0.25, -0.2) is 4.98 Å². The van der Waals surface area contributed by atoms with Crippen LogP contribution in [0.2, 0.25) is 0 Å². The third kappa shape index (κ3) is 2.02. The van der Waals surface area contributed by atoms with Crippen molar-refractivity contribution in [2.75, 3.05) is 18.6 Å². The zero-order valence-corrected chi connectivity index (χ0v) is 8.94. The van der Waals surface area contributed by atoms with Crippen LogP contribution < -0.4 is 9.64 Å². The monoisotopic (exact) mass is 227 g/mol. The highest BCUT2D eigenvalue weighted by Crippen LogP contribution is 2.21. The van der Waals surface area contributed by atoms with Crippen molar-refractivity contribution in [1.29, 1.82) is 0 Å². The van der Waals surface area contributed by atoms with Crippen molar-refractivity contribution in [2.24, 2.45) is 0 Å². The average molecular weight is 228 g/mol. The molecule has 1 unspecified atom stereocenters. The van der Waals surface area contributed by atoms with E-state index in [1.807, 2.05) is 0 Å². The number of anilines is 1. The van der Waals surface area contributed by atoms with Gasteiger partial charge in [-0.15, -0.1) is 11.6 Å². The molecule has 1 aliphatic rings. The molecular weight excluding hydrogens is 218 g/mol. The Hall–Kier alpha value is -1.36. The molecule has 5 nitrogen and oxygen atoms in total. The lowest BCUT2D eigenvalue weighted by molar-refractivity contribution is -0.117. The van der Waals surface area contributed by atoms with E-state index >= 15 is 0 Å². The van der Waals surface area contributed by atoms with E-state index in [0.29, 0.717) is 24.8 Å². The zero-order chi connectivity index (χ0) is 10.8. The van der Waals surface area contributed by atoms with Crippen LogP contribution in [-0.2, 0) is 4.79 Å². The molecule has 0 radical (unpaired) electrons. The number of alkyl halides is 1. The molecular formula is C9H10ClN3O2. The molecule has 2 rings (SSSR count). The number of hydrogen-bond donors (Lipinski definition) is 0. The van der Waals surface area contributed by atoms with Gasteiger partial charge < -0.3 is 4.74 Å². The van der Waals surface area contributed by atoms with E-state index in [-0.39, 0.29) is 11.3 Å². The number of methoxy groups -OCH3 is 1. The Morgan fingerprint density at radius 1 is 1.67 bits per heavy atom. The Balaban J connectivity index is 2.25. The van der Waals surface area contributed by atoms with E-state index in [0.717, 1.165) is 0 Å². The summed E-state index contributed by atoms with van der Waals surface area (Å²) in [5.74, 6) is 0.733. The molecule has 1 amide bonds. The van der Waals surface area contributed by atoms with Gasteiger partial charge in [0.25, 0.3) is 0 Å². The molecule has 6 heteroatoms. The van der Waals surface area contributed by atoms with Crippen LogP contribution in [-0.4, -0.2) is 34.9 Å². The summed E-state index contributed by atoms with van der Waals surface area (Å²) < 4.78 is 4.95. The lowest BCUT2D eigenvalue weighted by Gasteiger charge is -2.13. The topological polar surface area (TPSA) is 55.3 Å². The van der Waals surface area contributed by atoms with Gasteiger partial charge in [0.05, 0.1) is 12.5 Å². The lowest BCUT2D eigenvalue weighted by Crippen LogP contribution is -2.26. The Kier molecular flexibility index (Phi) is 2.73. The molecule has 1 aromatic rings. The third-order valence-electron chi connectivity index (χ3n) is 2.15. The van der Waals surface area contributed by atoms with Crippen LogP contribution in [0.1, 0.15) is 6.42 Å². The maximum atomic E-state index is 11.5. The molecule has 0 saturated carbocycles. The first-order chi connectivity index (χ1) is 7.20. The quantitative estimate of drug-likeness (QED) is 0.703. The molecule has 1 saturated heterocycles. The fourth-order valence-corrected chi connectivity index (χ4v) is 1.70. The SMILES string of the molecule is COc1ccnc(N2CC(Cl)CC2=O)n1. The highest BCUT2D eigenvalue weighted by Gasteiger charge is 2.30. The van der Waals surface area contributed by atoms with Gasteiger partial charge in [-0.3, -0.25) is 9.69 Å². The Morgan fingerprint density at radius 2 is 2.47 bits per heavy atom. The van der Waals surface area contributed by atoms with Crippen molar-refractivity contribution in [1.82, 2.24) is 9.97 Å². The lowest BCUT2D eigenvalue weighted by atomic mass is 10.4. The second-order valence-corrected chi connectivity index (χ2v) is 3.82. The third-order valence-corrected chi connectivity index (χ3v) is 2.44. The number of rotatable bonds is 2. The summed E-state index contributed by atoms with van der Waals surface area (Å²) in [6.07, 6.45) is 1.89. The van der Waals surface area contributed by atoms with E-state index < -0.39 is 0 Å². The van der Waals surface area contributed by atoms with Crippen LogP contribution in [0.5, 0.6) is 5.88 Å². The Labute approximate surface area is 92.0 Å². The number of halogens is 1. The fourth-order valence-electron chi connectivity index (χ4n) is 1.43. The van der Waals surface area contributed by atoms with Crippen LogP contribution in [0, 0.1) is 0 Å². The van der Waals surface area contributed by atoms with Gasteiger partial charge in [0.2, 0.25) is 17.7 Å². The molecule has 1 aromatic heterocycles. The maximum absolute atomic E-state index is 11.5. The smallest absolute Gasteiger partial charge is 0.235 e. The van der Waals surface area contributed by atoms with E-state index in [1.165, 1.54) is 12.0 Å². The molecule has 1 atom stereocenters. The van der Waals surface area contributed by atoms with Crippen LogP contribution >= 0.6 is 11.6 Å². The first-order valence-electron chi connectivity index (χ1n) is 4.52. The summed E-state index contributed by atoms with van der Waals surface area (Å²) in [6, 6.07) is 1.63. The number of ether oxygens (including phenoxy) is 1. The molecule has 2 heterocycles. The molecule has 0 bridgehead atoms. The van der Waals surface area contributed by atoms with Gasteiger partial charge in [0.15, 0.2) is 0 Å². The van der Waals surface area contributed by atoms with E-state index in [1.54, 1.807) is 12.3 Å². The molecule has 0 spiro atoms. The fraction of sp³-hybridized carbons (Fsp3) is 0.444. The van der Waals surface area contributed by atoms with Crippen LogP contribution in [0.25, 0.3) is 0 Å². The minimum Gasteiger partial charge on any atom is -0.481 e. The second-order valence-electron chi connectivity index (χ2n) is 3.20. The number of amides is 1. The molecule has 0 N–H and O–H groups in total. The van der Waals surface area contributed by atoms with E-state index in [4.69, 9.17) is 16.3 Å². The standard InChI is InChI=1S/C9H10ClN3O2/c1-15-7-2-3-11-9(12-7)13-5-6(10)4-8(13)14/h2-3,6H,4-5H2,1H3. The first-order valence-corrected chi connectivity index (χ1v) is 4.96. The number of hydrogen-bond acceptors (Lipinski definition) is 4. The molecule has 80 valence electrons. The highest BCUT2D eigenvalue weighted by atomic mass is 35.5. The van der Waals surface area contributed by atoms with Crippen molar-refractivity contribution in [3.8, 4) is 5.88 Å². The highest BCUT2D eigenvalue weighted by molar-refractivity contribution is 6.24. The summed E-state index contributed by atoms with van der Waals surface area (Å²) in [6.45, 7) is 0.452. The predicted molar refractivity (Wildman–Crippen MR) is 55.2 cm³/mol. The molecule has 15 heavy (non-hydrogen) atoms. The zero-order valence-electron chi connectivity index (χ0n) is 8.18. The van der Waals surface area contributed by atoms with E-state index in [9.17, 15) is 4.79 Å². The van der Waals surface area contributed by atoms with Gasteiger partial charge in [-0.05, 0) is 0 Å². The first kappa shape index (κ1) is 10.2. The summed E-state index contributed by atoms with van der Waals surface area (Å²) in [4.78, 5) is 21.1. The van der Waals surface area contributed by atoms with Gasteiger partial charge in [-0.1, -0.05) is 0 Å². The average Bonchev–Trinajstić information content (AvgIpc) is 2.58. The van der Waals surface area contributed by atoms with Crippen molar-refractivity contribution in [3.05, 3.63) is 12.3 Å². The van der Waals surface area contributed by atoms with Crippen molar-refractivity contribution in [3.63, 3.8) is 0 Å². The summed E-state index contributed by atoms with van der Waals surface area (Å²) in [5, 5.41) is -0.160. The van der Waals surface area contributed by atoms with Gasteiger partial charge in [0.1, 0.15) is 0 Å². The number of nitrogens with zero attached hydrogens (tertiary/aromatic N) is 3. The van der Waals surface area contributed by atoms with Gasteiger partial charge >= 0.3 is 0 Å². The summed E-state index contributed by atoms with van der Waals surface area (Å²) >= 11 is 5.88. The number of aromatic nitrogens is 2. The summed E-state index contributed by atoms with van der Waals surface area (Å²) in [7, 11) is 1.52. The molecule has 0 aromatic carbocycles. The van der Waals surface area contributed by atoms with Crippen LogP contribution in [0.4, 0.5) is 5.95 Å². The number of carbonyl (C=O) groups excluding carboxylic acids is 1. The van der Waals surface area contributed by atoms with Crippen molar-refractivity contribution < 1.29 is 9.53 Å². The van der Waals surface area contributed by atoms with Crippen molar-refractivity contribution >= 4 is 23.5 Å². The number of carbonyl (C=O) groups is 1. The Bertz CT molecular complexity index is 385. The largest absolute Gasteiger partial charge is 0.481 e. The summed E-state index contributed by atoms with van der Waals surface area (Å²) in [5.41, 5.74) is 0. The normalized spacial score (nSPS) is 20.8. The molecule has 1 aliphatic heterocycles. The van der Waals surface area contributed by atoms with Gasteiger partial charge in [-0.2, -0.15) is 4.98 Å². The maximum Gasteiger partial charge on any atom is 0.235 e. The van der Waals surface area contributed by atoms with Crippen LogP contribution in [0.15, 0.2) is 12.3 Å². The minimum absolute atomic E-state index is 0.0525. The van der Waals surface area contributed by atoms with Crippen molar-refractivity contribution in [2.45, 2.75) is 11.8 Å². The molecule has 1 fully saturated rings. The minimum atomic E-state index is -0.160. The predicted octanol–water partition coefficient (Wildman–Crippen LogP) is 0.829. The Morgan fingerprint density at radius 3 is 3.07 bits per heavy atom. The molecule has 0 aliphatic carbocycles. The van der Waals surface area contributed by atoms with Gasteiger partial charge in [0, 0.05) is 25.2 Å². The second kappa shape index (κ2) is 4.02.